The van der Waals surface area contributed by atoms with Gasteiger partial charge in [0.2, 0.25) is 10.0 Å². The van der Waals surface area contributed by atoms with Gasteiger partial charge in [-0.25, -0.2) is 8.42 Å². The zero-order chi connectivity index (χ0) is 21.9. The van der Waals surface area contributed by atoms with Crippen LogP contribution in [-0.2, 0) is 22.9 Å². The van der Waals surface area contributed by atoms with E-state index >= 15 is 0 Å². The number of carbonyl (C=O) groups is 1. The Hall–Kier alpha value is -2.18. The van der Waals surface area contributed by atoms with E-state index in [-0.39, 0.29) is 10.8 Å². The minimum absolute atomic E-state index is 0.187. The number of nitrogens with one attached hydrogen (secondary N) is 1. The minimum Gasteiger partial charge on any atom is -0.321 e. The Kier molecular flexibility index (Phi) is 6.98. The van der Waals surface area contributed by atoms with Gasteiger partial charge in [-0.1, -0.05) is 45.0 Å². The normalized spacial score (nSPS) is 15.9. The van der Waals surface area contributed by atoms with Crippen LogP contribution in [0.4, 0.5) is 5.69 Å². The molecule has 1 saturated heterocycles. The van der Waals surface area contributed by atoms with E-state index in [1.807, 2.05) is 25.1 Å². The van der Waals surface area contributed by atoms with E-state index in [4.69, 9.17) is 0 Å². The van der Waals surface area contributed by atoms with Crippen LogP contribution in [0.15, 0.2) is 41.3 Å². The van der Waals surface area contributed by atoms with Crippen molar-refractivity contribution >= 4 is 21.6 Å². The monoisotopic (exact) mass is 428 g/mol. The Bertz CT molecular complexity index is 1000. The molecule has 1 N–H and O–H groups in total. The Morgan fingerprint density at radius 1 is 1.07 bits per heavy atom. The molecule has 0 aliphatic carbocycles. The maximum atomic E-state index is 13.2. The number of amides is 1. The SMILES string of the molecule is CCc1cccc(CC)c1NC(=O)c1cc(S(=O)(=O)N2CCC(C)CC2)ccc1C. The van der Waals surface area contributed by atoms with Gasteiger partial charge in [-0.3, -0.25) is 4.79 Å². The number of rotatable bonds is 6. The van der Waals surface area contributed by atoms with Crippen molar-refractivity contribution in [2.24, 2.45) is 5.92 Å². The van der Waals surface area contributed by atoms with E-state index in [2.05, 4.69) is 26.1 Å². The molecule has 0 spiro atoms. The van der Waals surface area contributed by atoms with Gasteiger partial charge in [0, 0.05) is 24.3 Å². The van der Waals surface area contributed by atoms with Gasteiger partial charge < -0.3 is 5.32 Å². The standard InChI is InChI=1S/C24H32N2O3S/c1-5-19-8-7-9-20(6-2)23(19)25-24(27)22-16-21(11-10-18(22)4)30(28,29)26-14-12-17(3)13-15-26/h7-11,16-17H,5-6,12-15H2,1-4H3,(H,25,27). The average molecular weight is 429 g/mol. The maximum Gasteiger partial charge on any atom is 0.255 e. The molecule has 1 amide bonds. The highest BCUT2D eigenvalue weighted by molar-refractivity contribution is 7.89. The predicted molar refractivity (Wildman–Crippen MR) is 121 cm³/mol. The first-order valence-corrected chi connectivity index (χ1v) is 12.2. The number of anilines is 1. The van der Waals surface area contributed by atoms with Crippen LogP contribution in [0.3, 0.4) is 0 Å². The second-order valence-electron chi connectivity index (χ2n) is 8.18. The quantitative estimate of drug-likeness (QED) is 0.719. The number of para-hydroxylation sites is 1. The molecule has 1 fully saturated rings. The lowest BCUT2D eigenvalue weighted by atomic mass is 10.0. The van der Waals surface area contributed by atoms with Gasteiger partial charge in [-0.2, -0.15) is 4.31 Å². The molecule has 2 aromatic carbocycles. The number of hydrogen-bond donors (Lipinski definition) is 1. The van der Waals surface area contributed by atoms with Gasteiger partial charge in [0.15, 0.2) is 0 Å². The summed E-state index contributed by atoms with van der Waals surface area (Å²) in [6.07, 6.45) is 3.35. The minimum atomic E-state index is -3.60. The van der Waals surface area contributed by atoms with E-state index in [9.17, 15) is 13.2 Å². The number of nitrogens with zero attached hydrogens (tertiary/aromatic N) is 1. The largest absolute Gasteiger partial charge is 0.321 e. The fourth-order valence-corrected chi connectivity index (χ4v) is 5.46. The second-order valence-corrected chi connectivity index (χ2v) is 10.1. The summed E-state index contributed by atoms with van der Waals surface area (Å²) in [5.41, 5.74) is 4.14. The van der Waals surface area contributed by atoms with Gasteiger partial charge in [0.05, 0.1) is 4.90 Å². The Morgan fingerprint density at radius 3 is 2.23 bits per heavy atom. The van der Waals surface area contributed by atoms with Gasteiger partial charge in [-0.15, -0.1) is 0 Å². The lowest BCUT2D eigenvalue weighted by Crippen LogP contribution is -2.38. The molecule has 0 saturated carbocycles. The molecule has 0 bridgehead atoms. The fraction of sp³-hybridized carbons (Fsp3) is 0.458. The Balaban J connectivity index is 1.92. The van der Waals surface area contributed by atoms with Crippen LogP contribution in [0.25, 0.3) is 0 Å². The molecule has 30 heavy (non-hydrogen) atoms. The highest BCUT2D eigenvalue weighted by Gasteiger charge is 2.29. The van der Waals surface area contributed by atoms with E-state index in [1.54, 1.807) is 16.4 Å². The van der Waals surface area contributed by atoms with Crippen LogP contribution in [0.5, 0.6) is 0 Å². The number of piperidine rings is 1. The molecule has 2 aromatic rings. The topological polar surface area (TPSA) is 66.5 Å². The lowest BCUT2D eigenvalue weighted by molar-refractivity contribution is 0.102. The number of sulfonamides is 1. The highest BCUT2D eigenvalue weighted by atomic mass is 32.2. The second kappa shape index (κ2) is 9.31. The zero-order valence-corrected chi connectivity index (χ0v) is 19.2. The van der Waals surface area contributed by atoms with Crippen molar-refractivity contribution in [2.75, 3.05) is 18.4 Å². The summed E-state index contributed by atoms with van der Waals surface area (Å²) < 4.78 is 27.8. The molecular weight excluding hydrogens is 396 g/mol. The zero-order valence-electron chi connectivity index (χ0n) is 18.4. The smallest absolute Gasteiger partial charge is 0.255 e. The van der Waals surface area contributed by atoms with Crippen molar-refractivity contribution in [3.8, 4) is 0 Å². The summed E-state index contributed by atoms with van der Waals surface area (Å²) in [5, 5.41) is 3.05. The molecule has 1 aliphatic heterocycles. The van der Waals surface area contributed by atoms with Crippen molar-refractivity contribution in [2.45, 2.75) is 58.3 Å². The summed E-state index contributed by atoms with van der Waals surface area (Å²) in [7, 11) is -3.60. The van der Waals surface area contributed by atoms with Crippen molar-refractivity contribution in [3.63, 3.8) is 0 Å². The van der Waals surface area contributed by atoms with Gasteiger partial charge in [0.1, 0.15) is 0 Å². The fourth-order valence-electron chi connectivity index (χ4n) is 3.96. The third-order valence-electron chi connectivity index (χ3n) is 6.07. The van der Waals surface area contributed by atoms with Crippen molar-refractivity contribution < 1.29 is 13.2 Å². The molecular formula is C24H32N2O3S. The summed E-state index contributed by atoms with van der Waals surface area (Å²) in [5.74, 6) is 0.273. The van der Waals surface area contributed by atoms with Crippen molar-refractivity contribution in [1.29, 1.82) is 0 Å². The third kappa shape index (κ3) is 4.60. The molecule has 1 heterocycles. The maximum absolute atomic E-state index is 13.2. The van der Waals surface area contributed by atoms with Crippen LogP contribution < -0.4 is 5.32 Å². The van der Waals surface area contributed by atoms with Crippen LogP contribution >= 0.6 is 0 Å². The molecule has 5 nitrogen and oxygen atoms in total. The van der Waals surface area contributed by atoms with E-state index in [1.165, 1.54) is 6.07 Å². The average Bonchev–Trinajstić information content (AvgIpc) is 2.74. The summed E-state index contributed by atoms with van der Waals surface area (Å²) >= 11 is 0. The van der Waals surface area contributed by atoms with Gasteiger partial charge in [-0.05, 0) is 67.3 Å². The summed E-state index contributed by atoms with van der Waals surface area (Å²) in [6, 6.07) is 10.9. The van der Waals surface area contributed by atoms with Crippen molar-refractivity contribution in [1.82, 2.24) is 4.31 Å². The molecule has 0 radical (unpaired) electrons. The van der Waals surface area contributed by atoms with Crippen LogP contribution in [0.2, 0.25) is 0 Å². The van der Waals surface area contributed by atoms with Crippen molar-refractivity contribution in [3.05, 3.63) is 58.7 Å². The number of hydrogen-bond acceptors (Lipinski definition) is 3. The predicted octanol–water partition coefficient (Wildman–Crippen LogP) is 4.79. The third-order valence-corrected chi connectivity index (χ3v) is 7.97. The molecule has 0 aromatic heterocycles. The van der Waals surface area contributed by atoms with Gasteiger partial charge in [0.25, 0.3) is 5.91 Å². The van der Waals surface area contributed by atoms with Crippen LogP contribution in [-0.4, -0.2) is 31.7 Å². The molecule has 162 valence electrons. The molecule has 0 atom stereocenters. The van der Waals surface area contributed by atoms with Gasteiger partial charge >= 0.3 is 0 Å². The van der Waals surface area contributed by atoms with E-state index < -0.39 is 10.0 Å². The Labute approximate surface area is 180 Å². The molecule has 0 unspecified atom stereocenters. The molecule has 6 heteroatoms. The summed E-state index contributed by atoms with van der Waals surface area (Å²) in [4.78, 5) is 13.3. The lowest BCUT2D eigenvalue weighted by Gasteiger charge is -2.29. The van der Waals surface area contributed by atoms with Crippen LogP contribution in [0, 0.1) is 12.8 Å². The first-order valence-electron chi connectivity index (χ1n) is 10.8. The summed E-state index contributed by atoms with van der Waals surface area (Å²) in [6.45, 7) is 9.16. The number of aryl methyl sites for hydroxylation is 3. The Morgan fingerprint density at radius 2 is 1.67 bits per heavy atom. The van der Waals surface area contributed by atoms with E-state index in [0.29, 0.717) is 24.6 Å². The highest BCUT2D eigenvalue weighted by Crippen LogP contribution is 2.27. The van der Waals surface area contributed by atoms with E-state index in [0.717, 1.165) is 48.1 Å². The number of carbonyl (C=O) groups excluding carboxylic acids is 1. The van der Waals surface area contributed by atoms with Crippen LogP contribution in [0.1, 0.15) is 60.7 Å². The first-order chi connectivity index (χ1) is 14.3. The molecule has 3 rings (SSSR count). The first kappa shape index (κ1) is 22.5. The number of benzene rings is 2. The molecule has 1 aliphatic rings.